The van der Waals surface area contributed by atoms with Gasteiger partial charge in [-0.2, -0.15) is 0 Å². The number of aromatic nitrogens is 1. The van der Waals surface area contributed by atoms with E-state index in [0.717, 1.165) is 31.6 Å². The van der Waals surface area contributed by atoms with Gasteiger partial charge < -0.3 is 5.32 Å². The number of nitrogens with one attached hydrogen (secondary N) is 1. The van der Waals surface area contributed by atoms with Crippen molar-refractivity contribution in [3.63, 3.8) is 0 Å². The summed E-state index contributed by atoms with van der Waals surface area (Å²) >= 11 is 10.9. The van der Waals surface area contributed by atoms with Gasteiger partial charge >= 0.3 is 0 Å². The molecule has 1 heterocycles. The molecule has 2 aromatic carbocycles. The molecule has 1 aromatic heterocycles. The smallest absolute Gasteiger partial charge is 0.187 e. The second-order valence-electron chi connectivity index (χ2n) is 4.18. The number of halogens is 2. The number of hydrogen-bond acceptors (Lipinski definition) is 3. The molecule has 0 amide bonds. The summed E-state index contributed by atoms with van der Waals surface area (Å²) in [7, 11) is 0. The van der Waals surface area contributed by atoms with Crippen molar-refractivity contribution in [2.75, 3.05) is 5.32 Å². The highest BCUT2D eigenvalue weighted by Crippen LogP contribution is 2.28. The predicted molar refractivity (Wildman–Crippen MR) is 90.0 cm³/mol. The summed E-state index contributed by atoms with van der Waals surface area (Å²) < 4.78 is 1.05. The predicted octanol–water partition coefficient (Wildman–Crippen LogP) is 5.97. The van der Waals surface area contributed by atoms with Crippen LogP contribution in [0.1, 0.15) is 0 Å². The summed E-state index contributed by atoms with van der Waals surface area (Å²) in [4.78, 5) is 4.59. The van der Waals surface area contributed by atoms with Crippen molar-refractivity contribution in [3.05, 3.63) is 63.4 Å². The van der Waals surface area contributed by atoms with E-state index in [1.54, 1.807) is 11.3 Å². The highest BCUT2D eigenvalue weighted by Gasteiger charge is 2.05. The Balaban J connectivity index is 1.82. The van der Waals surface area contributed by atoms with Gasteiger partial charge in [0.1, 0.15) is 0 Å². The SMILES string of the molecule is Clc1ccc(Nc2nc(-c3cccc(Br)c3)cs2)cc1. The Morgan fingerprint density at radius 3 is 2.65 bits per heavy atom. The van der Waals surface area contributed by atoms with Crippen LogP contribution in [-0.2, 0) is 0 Å². The summed E-state index contributed by atoms with van der Waals surface area (Å²) in [5.41, 5.74) is 3.04. The third kappa shape index (κ3) is 3.20. The lowest BCUT2D eigenvalue weighted by atomic mass is 10.2. The van der Waals surface area contributed by atoms with E-state index in [2.05, 4.69) is 32.3 Å². The van der Waals surface area contributed by atoms with Crippen LogP contribution >= 0.6 is 38.9 Å². The maximum Gasteiger partial charge on any atom is 0.187 e. The number of rotatable bonds is 3. The van der Waals surface area contributed by atoms with Crippen molar-refractivity contribution in [1.82, 2.24) is 4.98 Å². The van der Waals surface area contributed by atoms with E-state index >= 15 is 0 Å². The number of anilines is 2. The van der Waals surface area contributed by atoms with Crippen LogP contribution in [0.25, 0.3) is 11.3 Å². The van der Waals surface area contributed by atoms with E-state index in [9.17, 15) is 0 Å². The first-order chi connectivity index (χ1) is 9.70. The molecule has 0 unspecified atom stereocenters. The molecule has 0 radical (unpaired) electrons. The Bertz CT molecular complexity index is 725. The molecular formula is C15H10BrClN2S. The summed E-state index contributed by atoms with van der Waals surface area (Å²) in [6, 6.07) is 15.7. The van der Waals surface area contributed by atoms with Gasteiger partial charge in [-0.05, 0) is 36.4 Å². The van der Waals surface area contributed by atoms with Gasteiger partial charge in [0.2, 0.25) is 0 Å². The quantitative estimate of drug-likeness (QED) is 0.618. The maximum atomic E-state index is 5.87. The van der Waals surface area contributed by atoms with Crippen LogP contribution < -0.4 is 5.32 Å². The third-order valence-corrected chi connectivity index (χ3v) is 4.22. The van der Waals surface area contributed by atoms with E-state index in [-0.39, 0.29) is 0 Å². The van der Waals surface area contributed by atoms with Crippen molar-refractivity contribution < 1.29 is 0 Å². The standard InChI is InChI=1S/C15H10BrClN2S/c16-11-3-1-2-10(8-11)14-9-20-15(19-14)18-13-6-4-12(17)5-7-13/h1-9H,(H,18,19). The fourth-order valence-corrected chi connectivity index (χ4v) is 3.03. The lowest BCUT2D eigenvalue weighted by Crippen LogP contribution is -1.89. The monoisotopic (exact) mass is 364 g/mol. The van der Waals surface area contributed by atoms with Crippen LogP contribution in [0, 0.1) is 0 Å². The average molecular weight is 366 g/mol. The minimum absolute atomic E-state index is 0.726. The highest BCUT2D eigenvalue weighted by molar-refractivity contribution is 9.10. The Hall–Kier alpha value is -1.36. The lowest BCUT2D eigenvalue weighted by Gasteiger charge is -2.02. The molecule has 3 aromatic rings. The molecule has 0 fully saturated rings. The number of benzene rings is 2. The fourth-order valence-electron chi connectivity index (χ4n) is 1.77. The van der Waals surface area contributed by atoms with Gasteiger partial charge in [-0.25, -0.2) is 4.98 Å². The van der Waals surface area contributed by atoms with E-state index < -0.39 is 0 Å². The first kappa shape index (κ1) is 13.6. The van der Waals surface area contributed by atoms with Crippen LogP contribution in [-0.4, -0.2) is 4.98 Å². The van der Waals surface area contributed by atoms with E-state index in [0.29, 0.717) is 0 Å². The summed E-state index contributed by atoms with van der Waals surface area (Å²) in [6.07, 6.45) is 0. The van der Waals surface area contributed by atoms with E-state index in [4.69, 9.17) is 11.6 Å². The van der Waals surface area contributed by atoms with E-state index in [1.165, 1.54) is 0 Å². The molecule has 1 N–H and O–H groups in total. The largest absolute Gasteiger partial charge is 0.332 e. The molecular weight excluding hydrogens is 356 g/mol. The molecule has 0 bridgehead atoms. The lowest BCUT2D eigenvalue weighted by molar-refractivity contribution is 1.38. The van der Waals surface area contributed by atoms with Crippen LogP contribution in [0.4, 0.5) is 10.8 Å². The topological polar surface area (TPSA) is 24.9 Å². The van der Waals surface area contributed by atoms with Gasteiger partial charge in [-0.15, -0.1) is 11.3 Å². The van der Waals surface area contributed by atoms with Crippen LogP contribution in [0.15, 0.2) is 58.4 Å². The molecule has 100 valence electrons. The van der Waals surface area contributed by atoms with Gasteiger partial charge in [0.25, 0.3) is 0 Å². The Morgan fingerprint density at radius 2 is 1.90 bits per heavy atom. The van der Waals surface area contributed by atoms with Crippen molar-refractivity contribution in [2.24, 2.45) is 0 Å². The highest BCUT2D eigenvalue weighted by atomic mass is 79.9. The number of thiazole rings is 1. The molecule has 0 atom stereocenters. The minimum atomic E-state index is 0.726. The second kappa shape index (κ2) is 5.95. The molecule has 0 aliphatic carbocycles. The second-order valence-corrected chi connectivity index (χ2v) is 6.39. The Morgan fingerprint density at radius 1 is 1.10 bits per heavy atom. The van der Waals surface area contributed by atoms with Gasteiger partial charge in [0, 0.05) is 26.1 Å². The number of hydrogen-bond donors (Lipinski definition) is 1. The molecule has 20 heavy (non-hydrogen) atoms. The molecule has 5 heteroatoms. The summed E-state index contributed by atoms with van der Waals surface area (Å²) in [5.74, 6) is 0. The molecule has 0 spiro atoms. The molecule has 3 rings (SSSR count). The van der Waals surface area contributed by atoms with Crippen molar-refractivity contribution in [2.45, 2.75) is 0 Å². The van der Waals surface area contributed by atoms with E-state index in [1.807, 2.05) is 47.8 Å². The first-order valence-electron chi connectivity index (χ1n) is 5.95. The molecule has 0 aliphatic heterocycles. The zero-order valence-corrected chi connectivity index (χ0v) is 13.5. The zero-order chi connectivity index (χ0) is 13.9. The van der Waals surface area contributed by atoms with Crippen LogP contribution in [0.3, 0.4) is 0 Å². The molecule has 0 aliphatic rings. The summed E-state index contributed by atoms with van der Waals surface area (Å²) in [6.45, 7) is 0. The van der Waals surface area contributed by atoms with Gasteiger partial charge in [0.05, 0.1) is 5.69 Å². The van der Waals surface area contributed by atoms with Gasteiger partial charge in [-0.3, -0.25) is 0 Å². The fraction of sp³-hybridized carbons (Fsp3) is 0. The summed E-state index contributed by atoms with van der Waals surface area (Å²) in [5, 5.41) is 6.90. The third-order valence-electron chi connectivity index (χ3n) is 2.72. The average Bonchev–Trinajstić information content (AvgIpc) is 2.90. The zero-order valence-electron chi connectivity index (χ0n) is 10.3. The molecule has 0 saturated heterocycles. The van der Waals surface area contributed by atoms with Crippen molar-refractivity contribution >= 4 is 49.7 Å². The van der Waals surface area contributed by atoms with Crippen molar-refractivity contribution in [3.8, 4) is 11.3 Å². The van der Waals surface area contributed by atoms with Crippen LogP contribution in [0.2, 0.25) is 5.02 Å². The minimum Gasteiger partial charge on any atom is -0.332 e. The number of nitrogens with zero attached hydrogens (tertiary/aromatic N) is 1. The first-order valence-corrected chi connectivity index (χ1v) is 8.00. The maximum absolute atomic E-state index is 5.87. The Labute approximate surface area is 134 Å². The molecule has 0 saturated carbocycles. The van der Waals surface area contributed by atoms with Crippen LogP contribution in [0.5, 0.6) is 0 Å². The van der Waals surface area contributed by atoms with Gasteiger partial charge in [-0.1, -0.05) is 39.7 Å². The molecule has 2 nitrogen and oxygen atoms in total. The Kier molecular flexibility index (Phi) is 4.05. The van der Waals surface area contributed by atoms with Crippen molar-refractivity contribution in [1.29, 1.82) is 0 Å². The van der Waals surface area contributed by atoms with Gasteiger partial charge in [0.15, 0.2) is 5.13 Å². The normalized spacial score (nSPS) is 10.5.